The van der Waals surface area contributed by atoms with Crippen LogP contribution in [-0.4, -0.2) is 16.3 Å². The molecule has 0 fully saturated rings. The largest absolute Gasteiger partial charge is 0.287 e. The molecule has 0 bridgehead atoms. The number of nitrogens with zero attached hydrogens (tertiary/aromatic N) is 2. The van der Waals surface area contributed by atoms with Gasteiger partial charge in [0.2, 0.25) is 6.41 Å². The Morgan fingerprint density at radius 1 is 1.54 bits per heavy atom. The number of carbonyl (C=O) groups is 1. The maximum Gasteiger partial charge on any atom is 0.287 e. The van der Waals surface area contributed by atoms with Crippen molar-refractivity contribution in [3.8, 4) is 0 Å². The molecule has 0 atom stereocenters. The molecule has 2 N–H and O–H groups in total. The Kier molecular flexibility index (Phi) is 2.74. The zero-order chi connectivity index (χ0) is 9.68. The first-order valence-corrected chi connectivity index (χ1v) is 3.29. The van der Waals surface area contributed by atoms with E-state index in [-0.39, 0.29) is 5.69 Å². The minimum absolute atomic E-state index is 0.100. The summed E-state index contributed by atoms with van der Waals surface area (Å²) in [5.41, 5.74) is 4.46. The fraction of sp³-hybridized carbons (Fsp3) is 0. The summed E-state index contributed by atoms with van der Waals surface area (Å²) in [4.78, 5) is 23.2. The quantitative estimate of drug-likeness (QED) is 0.390. The van der Waals surface area contributed by atoms with E-state index in [1.807, 2.05) is 0 Å². The third kappa shape index (κ3) is 2.40. The van der Waals surface area contributed by atoms with Crippen LogP contribution in [0.2, 0.25) is 0 Å². The van der Waals surface area contributed by atoms with Crippen molar-refractivity contribution in [2.75, 3.05) is 5.43 Å². The third-order valence-electron chi connectivity index (χ3n) is 1.22. The van der Waals surface area contributed by atoms with Crippen molar-refractivity contribution in [3.63, 3.8) is 0 Å². The molecule has 0 aliphatic heterocycles. The van der Waals surface area contributed by atoms with Gasteiger partial charge in [0, 0.05) is 6.07 Å². The van der Waals surface area contributed by atoms with Crippen molar-refractivity contribution in [2.45, 2.75) is 0 Å². The van der Waals surface area contributed by atoms with Gasteiger partial charge < -0.3 is 0 Å². The lowest BCUT2D eigenvalue weighted by Gasteiger charge is -2.00. The van der Waals surface area contributed by atoms with E-state index >= 15 is 0 Å². The summed E-state index contributed by atoms with van der Waals surface area (Å²) in [6.07, 6.45) is 1.53. The molecular formula is C6H6N4O3. The molecule has 0 saturated heterocycles. The van der Waals surface area contributed by atoms with Gasteiger partial charge in [-0.1, -0.05) is 0 Å². The molecule has 7 heteroatoms. The van der Waals surface area contributed by atoms with E-state index in [4.69, 9.17) is 0 Å². The molecule has 13 heavy (non-hydrogen) atoms. The molecular weight excluding hydrogens is 176 g/mol. The van der Waals surface area contributed by atoms with Crippen LogP contribution in [0, 0.1) is 10.1 Å². The highest BCUT2D eigenvalue weighted by Crippen LogP contribution is 2.10. The lowest BCUT2D eigenvalue weighted by atomic mass is 10.4. The summed E-state index contributed by atoms with van der Waals surface area (Å²) in [5.74, 6) is 0.331. The van der Waals surface area contributed by atoms with Crippen molar-refractivity contribution in [1.29, 1.82) is 0 Å². The molecule has 1 aromatic rings. The number of pyridine rings is 1. The van der Waals surface area contributed by atoms with Gasteiger partial charge >= 0.3 is 0 Å². The summed E-state index contributed by atoms with van der Waals surface area (Å²) in [5, 5.41) is 10.2. The van der Waals surface area contributed by atoms with Gasteiger partial charge in [-0.25, -0.2) is 4.98 Å². The van der Waals surface area contributed by atoms with Crippen LogP contribution in [0.15, 0.2) is 18.3 Å². The highest BCUT2D eigenvalue weighted by Gasteiger charge is 2.03. The van der Waals surface area contributed by atoms with Gasteiger partial charge in [0.15, 0.2) is 0 Å². The van der Waals surface area contributed by atoms with Crippen molar-refractivity contribution < 1.29 is 9.72 Å². The number of rotatable bonds is 4. The van der Waals surface area contributed by atoms with E-state index < -0.39 is 4.92 Å². The van der Waals surface area contributed by atoms with E-state index in [0.29, 0.717) is 12.2 Å². The third-order valence-corrected chi connectivity index (χ3v) is 1.22. The monoisotopic (exact) mass is 182 g/mol. The molecule has 0 radical (unpaired) electrons. The lowest BCUT2D eigenvalue weighted by molar-refractivity contribution is -0.385. The molecule has 0 aliphatic rings. The van der Waals surface area contributed by atoms with E-state index in [9.17, 15) is 14.9 Å². The summed E-state index contributed by atoms with van der Waals surface area (Å²) >= 11 is 0. The van der Waals surface area contributed by atoms with Crippen molar-refractivity contribution in [1.82, 2.24) is 10.4 Å². The number of nitrogens with one attached hydrogen (secondary N) is 2. The SMILES string of the molecule is O=CNNc1ccc([N+](=O)[O-])cn1. The summed E-state index contributed by atoms with van der Waals surface area (Å²) < 4.78 is 0. The van der Waals surface area contributed by atoms with E-state index in [2.05, 4.69) is 15.8 Å². The van der Waals surface area contributed by atoms with Crippen LogP contribution in [0.25, 0.3) is 0 Å². The molecule has 0 saturated carbocycles. The van der Waals surface area contributed by atoms with Gasteiger partial charge in [-0.15, -0.1) is 0 Å². The predicted molar refractivity (Wildman–Crippen MR) is 43.7 cm³/mol. The van der Waals surface area contributed by atoms with Gasteiger partial charge in [-0.2, -0.15) is 0 Å². The maximum atomic E-state index is 10.2. The van der Waals surface area contributed by atoms with Crippen molar-refractivity contribution in [3.05, 3.63) is 28.4 Å². The zero-order valence-electron chi connectivity index (χ0n) is 6.43. The minimum atomic E-state index is -0.552. The number of hydrogen-bond acceptors (Lipinski definition) is 5. The first-order valence-electron chi connectivity index (χ1n) is 3.29. The summed E-state index contributed by atoms with van der Waals surface area (Å²) in [7, 11) is 0. The van der Waals surface area contributed by atoms with E-state index in [1.54, 1.807) is 0 Å². The first-order chi connectivity index (χ1) is 6.24. The second-order valence-corrected chi connectivity index (χ2v) is 2.05. The number of hydrazine groups is 1. The van der Waals surface area contributed by atoms with Gasteiger partial charge in [0.25, 0.3) is 5.69 Å². The Hall–Kier alpha value is -2.18. The van der Waals surface area contributed by atoms with E-state index in [0.717, 1.165) is 6.20 Å². The molecule has 1 rings (SSSR count). The number of hydrogen-bond donors (Lipinski definition) is 2. The fourth-order valence-electron chi connectivity index (χ4n) is 0.671. The van der Waals surface area contributed by atoms with Gasteiger partial charge in [0.05, 0.1) is 4.92 Å². The molecule has 1 amide bonds. The van der Waals surface area contributed by atoms with Crippen molar-refractivity contribution >= 4 is 17.9 Å². The predicted octanol–water partition coefficient (Wildman–Crippen LogP) is 0.0627. The fourth-order valence-corrected chi connectivity index (χ4v) is 0.671. The first kappa shape index (κ1) is 8.91. The Bertz CT molecular complexity index is 310. The highest BCUT2D eigenvalue weighted by atomic mass is 16.6. The Balaban J connectivity index is 2.69. The average molecular weight is 182 g/mol. The molecule has 1 aromatic heterocycles. The molecule has 7 nitrogen and oxygen atoms in total. The normalized spacial score (nSPS) is 8.92. The molecule has 0 aromatic carbocycles. The average Bonchev–Trinajstić information content (AvgIpc) is 2.15. The second-order valence-electron chi connectivity index (χ2n) is 2.05. The van der Waals surface area contributed by atoms with Crippen LogP contribution in [0.1, 0.15) is 0 Å². The molecule has 0 unspecified atom stereocenters. The van der Waals surface area contributed by atoms with Crippen LogP contribution >= 0.6 is 0 Å². The van der Waals surface area contributed by atoms with Gasteiger partial charge in [-0.05, 0) is 6.07 Å². The number of amides is 1. The molecule has 68 valence electrons. The smallest absolute Gasteiger partial charge is 0.282 e. The standard InChI is InChI=1S/C6H6N4O3/c11-4-8-9-6-2-1-5(3-7-6)10(12)13/h1-4H,(H,7,9)(H,8,11). The Labute approximate surface area is 72.9 Å². The molecule has 0 aliphatic carbocycles. The van der Waals surface area contributed by atoms with Gasteiger partial charge in [-0.3, -0.25) is 25.8 Å². The minimum Gasteiger partial charge on any atom is -0.282 e. The zero-order valence-corrected chi connectivity index (χ0v) is 6.43. The number of carbonyl (C=O) groups excluding carboxylic acids is 1. The Morgan fingerprint density at radius 3 is 2.77 bits per heavy atom. The number of aromatic nitrogens is 1. The topological polar surface area (TPSA) is 97.2 Å². The molecule has 0 spiro atoms. The Morgan fingerprint density at radius 2 is 2.31 bits per heavy atom. The van der Waals surface area contributed by atoms with E-state index in [1.165, 1.54) is 12.1 Å². The summed E-state index contributed by atoms with van der Waals surface area (Å²) in [6.45, 7) is 0. The van der Waals surface area contributed by atoms with Crippen LogP contribution in [0.5, 0.6) is 0 Å². The highest BCUT2D eigenvalue weighted by molar-refractivity contribution is 5.51. The van der Waals surface area contributed by atoms with Crippen LogP contribution < -0.4 is 10.9 Å². The second kappa shape index (κ2) is 4.00. The number of anilines is 1. The summed E-state index contributed by atoms with van der Waals surface area (Å²) in [6, 6.07) is 2.66. The van der Waals surface area contributed by atoms with Gasteiger partial charge in [0.1, 0.15) is 12.0 Å². The number of nitro groups is 1. The van der Waals surface area contributed by atoms with Crippen molar-refractivity contribution in [2.24, 2.45) is 0 Å². The lowest BCUT2D eigenvalue weighted by Crippen LogP contribution is -2.19. The molecule has 1 heterocycles. The van der Waals surface area contributed by atoms with Crippen LogP contribution in [0.4, 0.5) is 11.5 Å². The van der Waals surface area contributed by atoms with Crippen LogP contribution in [-0.2, 0) is 4.79 Å². The maximum absolute atomic E-state index is 10.2. The van der Waals surface area contributed by atoms with Crippen LogP contribution in [0.3, 0.4) is 0 Å².